The average molecular weight is 314 g/mol. The molecule has 0 aliphatic carbocycles. The Morgan fingerprint density at radius 2 is 1.95 bits per heavy atom. The first-order valence-corrected chi connectivity index (χ1v) is 7.05. The molecule has 0 saturated heterocycles. The second kappa shape index (κ2) is 5.72. The number of nitrogens with zero attached hydrogens (tertiary/aromatic N) is 2. The Labute approximate surface area is 128 Å². The van der Waals surface area contributed by atoms with Crippen LogP contribution in [0.1, 0.15) is 44.1 Å². The molecule has 2 aromatic rings. The van der Waals surface area contributed by atoms with Crippen LogP contribution < -0.4 is 5.73 Å². The second-order valence-electron chi connectivity index (χ2n) is 5.82. The van der Waals surface area contributed by atoms with Crippen molar-refractivity contribution in [1.82, 2.24) is 10.1 Å². The van der Waals surface area contributed by atoms with E-state index in [0.717, 1.165) is 5.56 Å². The van der Waals surface area contributed by atoms with Crippen LogP contribution in [0.15, 0.2) is 22.7 Å². The molecular formula is C14H17Cl2N3O. The van der Waals surface area contributed by atoms with Crippen LogP contribution in [0.2, 0.25) is 10.0 Å². The summed E-state index contributed by atoms with van der Waals surface area (Å²) < 4.78 is 5.24. The normalized spacial score (nSPS) is 13.5. The summed E-state index contributed by atoms with van der Waals surface area (Å²) in [6, 6.07) is 5.14. The topological polar surface area (TPSA) is 64.9 Å². The number of hydrogen-bond donors (Lipinski definition) is 1. The number of rotatable bonds is 3. The molecule has 0 amide bonds. The second-order valence-corrected chi connectivity index (χ2v) is 6.63. The van der Waals surface area contributed by atoms with Crippen molar-refractivity contribution >= 4 is 23.2 Å². The zero-order valence-electron chi connectivity index (χ0n) is 11.7. The molecule has 1 aromatic heterocycles. The maximum absolute atomic E-state index is 6.10. The van der Waals surface area contributed by atoms with Crippen LogP contribution in [0.4, 0.5) is 0 Å². The highest BCUT2D eigenvalue weighted by Crippen LogP contribution is 2.29. The fourth-order valence-corrected chi connectivity index (χ4v) is 2.00. The molecule has 2 rings (SSSR count). The Kier molecular flexibility index (Phi) is 4.37. The van der Waals surface area contributed by atoms with Gasteiger partial charge in [-0.05, 0) is 23.1 Å². The van der Waals surface area contributed by atoms with Crippen molar-refractivity contribution < 1.29 is 4.52 Å². The summed E-state index contributed by atoms with van der Waals surface area (Å²) in [6.07, 6.45) is 0.501. The van der Waals surface area contributed by atoms with Gasteiger partial charge in [-0.3, -0.25) is 0 Å². The van der Waals surface area contributed by atoms with E-state index in [2.05, 4.69) is 10.1 Å². The minimum absolute atomic E-state index is 0.120. The van der Waals surface area contributed by atoms with Gasteiger partial charge in [0.1, 0.15) is 0 Å². The molecule has 0 radical (unpaired) electrons. The van der Waals surface area contributed by atoms with Crippen molar-refractivity contribution in [2.24, 2.45) is 11.1 Å². The van der Waals surface area contributed by atoms with Crippen LogP contribution in [0.3, 0.4) is 0 Å². The molecule has 0 aliphatic heterocycles. The van der Waals surface area contributed by atoms with Gasteiger partial charge in [-0.15, -0.1) is 0 Å². The zero-order valence-corrected chi connectivity index (χ0v) is 13.2. The average Bonchev–Trinajstić information content (AvgIpc) is 2.80. The summed E-state index contributed by atoms with van der Waals surface area (Å²) in [5.74, 6) is 1.03. The van der Waals surface area contributed by atoms with Gasteiger partial charge in [-0.2, -0.15) is 4.98 Å². The number of aromatic nitrogens is 2. The van der Waals surface area contributed by atoms with Crippen molar-refractivity contribution in [1.29, 1.82) is 0 Å². The first-order chi connectivity index (χ1) is 9.27. The van der Waals surface area contributed by atoms with E-state index < -0.39 is 0 Å². The Morgan fingerprint density at radius 1 is 1.25 bits per heavy atom. The molecule has 108 valence electrons. The molecule has 4 nitrogen and oxygen atoms in total. The van der Waals surface area contributed by atoms with Gasteiger partial charge in [0.05, 0.1) is 22.5 Å². The maximum Gasteiger partial charge on any atom is 0.231 e. The summed E-state index contributed by atoms with van der Waals surface area (Å²) in [6.45, 7) is 6.10. The molecule has 1 atom stereocenters. The Hall–Kier alpha value is -1.10. The maximum atomic E-state index is 6.10. The van der Waals surface area contributed by atoms with Crippen molar-refractivity contribution in [3.8, 4) is 0 Å². The zero-order chi connectivity index (χ0) is 14.9. The predicted molar refractivity (Wildman–Crippen MR) is 79.9 cm³/mol. The van der Waals surface area contributed by atoms with Gasteiger partial charge in [0, 0.05) is 0 Å². The third-order valence-corrected chi connectivity index (χ3v) is 3.77. The lowest BCUT2D eigenvalue weighted by molar-refractivity contribution is 0.301. The highest BCUT2D eigenvalue weighted by Gasteiger charge is 2.26. The highest BCUT2D eigenvalue weighted by atomic mass is 35.5. The molecule has 2 N–H and O–H groups in total. The molecule has 0 bridgehead atoms. The quantitative estimate of drug-likeness (QED) is 0.929. The fraction of sp³-hybridized carbons (Fsp3) is 0.429. The van der Waals surface area contributed by atoms with Crippen LogP contribution in [0.5, 0.6) is 0 Å². The highest BCUT2D eigenvalue weighted by molar-refractivity contribution is 6.42. The molecule has 6 heteroatoms. The summed E-state index contributed by atoms with van der Waals surface area (Å²) in [5.41, 5.74) is 6.94. The van der Waals surface area contributed by atoms with E-state index in [0.29, 0.717) is 28.2 Å². The van der Waals surface area contributed by atoms with Crippen LogP contribution in [-0.4, -0.2) is 10.1 Å². The largest absolute Gasteiger partial charge is 0.339 e. The van der Waals surface area contributed by atoms with Gasteiger partial charge in [0.2, 0.25) is 5.89 Å². The summed E-state index contributed by atoms with van der Waals surface area (Å²) in [4.78, 5) is 4.35. The number of hydrogen-bond acceptors (Lipinski definition) is 4. The van der Waals surface area contributed by atoms with E-state index in [-0.39, 0.29) is 11.5 Å². The monoisotopic (exact) mass is 313 g/mol. The van der Waals surface area contributed by atoms with E-state index in [9.17, 15) is 0 Å². The predicted octanol–water partition coefficient (Wildman–Crippen LogP) is 4.01. The van der Waals surface area contributed by atoms with Gasteiger partial charge in [-0.1, -0.05) is 55.2 Å². The summed E-state index contributed by atoms with van der Waals surface area (Å²) in [5, 5.41) is 4.98. The van der Waals surface area contributed by atoms with Gasteiger partial charge >= 0.3 is 0 Å². The molecular weight excluding hydrogens is 297 g/mol. The SMILES string of the molecule is CC(C)(C)C(N)c1noc(Cc2ccc(Cl)c(Cl)c2)n1. The minimum Gasteiger partial charge on any atom is -0.339 e. The first kappa shape index (κ1) is 15.3. The molecule has 1 heterocycles. The molecule has 0 fully saturated rings. The Balaban J connectivity index is 2.15. The van der Waals surface area contributed by atoms with Gasteiger partial charge in [-0.25, -0.2) is 0 Å². The lowest BCUT2D eigenvalue weighted by Crippen LogP contribution is -2.27. The summed E-state index contributed by atoms with van der Waals surface area (Å²) >= 11 is 11.9. The van der Waals surface area contributed by atoms with E-state index in [1.165, 1.54) is 0 Å². The number of benzene rings is 1. The first-order valence-electron chi connectivity index (χ1n) is 6.29. The van der Waals surface area contributed by atoms with Crippen LogP contribution >= 0.6 is 23.2 Å². The van der Waals surface area contributed by atoms with E-state index >= 15 is 0 Å². The van der Waals surface area contributed by atoms with E-state index in [1.807, 2.05) is 26.8 Å². The van der Waals surface area contributed by atoms with Gasteiger partial charge < -0.3 is 10.3 Å². The summed E-state index contributed by atoms with van der Waals surface area (Å²) in [7, 11) is 0. The van der Waals surface area contributed by atoms with Crippen molar-refractivity contribution in [3.05, 3.63) is 45.5 Å². The van der Waals surface area contributed by atoms with Crippen molar-refractivity contribution in [2.45, 2.75) is 33.2 Å². The number of nitrogens with two attached hydrogens (primary N) is 1. The molecule has 1 unspecified atom stereocenters. The van der Waals surface area contributed by atoms with Crippen LogP contribution in [0.25, 0.3) is 0 Å². The fourth-order valence-electron chi connectivity index (χ4n) is 1.68. The lowest BCUT2D eigenvalue weighted by atomic mass is 9.87. The Morgan fingerprint density at radius 3 is 2.55 bits per heavy atom. The van der Waals surface area contributed by atoms with Crippen molar-refractivity contribution in [3.63, 3.8) is 0 Å². The number of halogens is 2. The van der Waals surface area contributed by atoms with E-state index in [4.69, 9.17) is 33.5 Å². The van der Waals surface area contributed by atoms with Crippen molar-refractivity contribution in [2.75, 3.05) is 0 Å². The van der Waals surface area contributed by atoms with Gasteiger partial charge in [0.25, 0.3) is 0 Å². The van der Waals surface area contributed by atoms with Gasteiger partial charge in [0.15, 0.2) is 5.82 Å². The smallest absolute Gasteiger partial charge is 0.231 e. The van der Waals surface area contributed by atoms with E-state index in [1.54, 1.807) is 12.1 Å². The third-order valence-electron chi connectivity index (χ3n) is 3.03. The molecule has 0 spiro atoms. The lowest BCUT2D eigenvalue weighted by Gasteiger charge is -2.23. The minimum atomic E-state index is -0.270. The Bertz CT molecular complexity index is 605. The standard InChI is InChI=1S/C14H17Cl2N3O/c1-14(2,3)12(17)13-18-11(20-19-13)7-8-4-5-9(15)10(16)6-8/h4-6,12H,7,17H2,1-3H3. The van der Waals surface area contributed by atoms with Crippen LogP contribution in [0, 0.1) is 5.41 Å². The van der Waals surface area contributed by atoms with Crippen LogP contribution in [-0.2, 0) is 6.42 Å². The molecule has 20 heavy (non-hydrogen) atoms. The third kappa shape index (κ3) is 3.51. The molecule has 1 aromatic carbocycles. The molecule has 0 aliphatic rings. The molecule has 0 saturated carbocycles.